The van der Waals surface area contributed by atoms with Gasteiger partial charge < -0.3 is 9.26 Å². The molecule has 27 heavy (non-hydrogen) atoms. The summed E-state index contributed by atoms with van der Waals surface area (Å²) < 4.78 is 10.5. The molecular weight excluding hydrogens is 386 g/mol. The minimum Gasteiger partial charge on any atom is -0.497 e. The molecule has 7 nitrogen and oxygen atoms in total. The largest absolute Gasteiger partial charge is 0.497 e. The van der Waals surface area contributed by atoms with Crippen molar-refractivity contribution in [3.63, 3.8) is 0 Å². The van der Waals surface area contributed by atoms with Crippen LogP contribution in [0.15, 0.2) is 58.2 Å². The topological polar surface area (TPSA) is 89.7 Å². The Morgan fingerprint density at radius 3 is 2.78 bits per heavy atom. The highest BCUT2D eigenvalue weighted by Gasteiger charge is 2.12. The smallest absolute Gasteiger partial charge is 0.237 e. The number of H-pyrrole nitrogens is 1. The van der Waals surface area contributed by atoms with Crippen LogP contribution in [0, 0.1) is 0 Å². The summed E-state index contributed by atoms with van der Waals surface area (Å²) >= 11 is 7.31. The fourth-order valence-corrected chi connectivity index (χ4v) is 3.13. The second-order valence-corrected chi connectivity index (χ2v) is 6.88. The van der Waals surface area contributed by atoms with E-state index in [1.54, 1.807) is 7.11 Å². The van der Waals surface area contributed by atoms with Crippen LogP contribution in [0.2, 0.25) is 5.02 Å². The Morgan fingerprint density at radius 1 is 1.11 bits per heavy atom. The maximum Gasteiger partial charge on any atom is 0.237 e. The molecule has 0 fully saturated rings. The van der Waals surface area contributed by atoms with Crippen LogP contribution in [-0.2, 0) is 5.75 Å². The van der Waals surface area contributed by atoms with Gasteiger partial charge in [0.25, 0.3) is 0 Å². The zero-order chi connectivity index (χ0) is 18.6. The van der Waals surface area contributed by atoms with E-state index in [9.17, 15) is 0 Å². The average Bonchev–Trinajstić information content (AvgIpc) is 3.37. The Morgan fingerprint density at radius 2 is 1.96 bits per heavy atom. The minimum atomic E-state index is 0.467. The minimum absolute atomic E-state index is 0.467. The van der Waals surface area contributed by atoms with Crippen LogP contribution in [0.4, 0.5) is 0 Å². The van der Waals surface area contributed by atoms with Crippen molar-refractivity contribution in [1.82, 2.24) is 25.3 Å². The highest BCUT2D eigenvalue weighted by molar-refractivity contribution is 7.98. The fraction of sp³-hybridized carbons (Fsp3) is 0.111. The van der Waals surface area contributed by atoms with E-state index in [0.717, 1.165) is 16.9 Å². The van der Waals surface area contributed by atoms with Crippen LogP contribution < -0.4 is 4.74 Å². The number of ether oxygens (including phenoxy) is 1. The van der Waals surface area contributed by atoms with Crippen molar-refractivity contribution in [3.05, 3.63) is 59.4 Å². The van der Waals surface area contributed by atoms with Gasteiger partial charge in [-0.3, -0.25) is 5.10 Å². The molecule has 0 saturated carbocycles. The molecule has 0 saturated heterocycles. The van der Waals surface area contributed by atoms with Gasteiger partial charge >= 0.3 is 0 Å². The number of thioether (sulfide) groups is 1. The molecule has 0 aliphatic rings. The Bertz CT molecular complexity index is 1050. The number of aromatic amines is 1. The number of methoxy groups -OCH3 is 1. The first-order valence-electron chi connectivity index (χ1n) is 7.99. The van der Waals surface area contributed by atoms with Gasteiger partial charge in [0.1, 0.15) is 5.75 Å². The van der Waals surface area contributed by atoms with Crippen LogP contribution in [-0.4, -0.2) is 32.4 Å². The lowest BCUT2D eigenvalue weighted by atomic mass is 10.2. The summed E-state index contributed by atoms with van der Waals surface area (Å²) in [6, 6.07) is 14.9. The summed E-state index contributed by atoms with van der Waals surface area (Å²) in [6.07, 6.45) is 0. The molecular formula is C18H14ClN5O2S. The molecule has 0 bridgehead atoms. The van der Waals surface area contributed by atoms with Gasteiger partial charge in [-0.25, -0.2) is 4.98 Å². The Hall–Kier alpha value is -2.84. The van der Waals surface area contributed by atoms with Gasteiger partial charge in [0.05, 0.1) is 12.9 Å². The average molecular weight is 400 g/mol. The molecule has 1 N–H and O–H groups in total. The third-order valence-corrected chi connectivity index (χ3v) is 4.79. The van der Waals surface area contributed by atoms with E-state index in [1.807, 2.05) is 48.5 Å². The lowest BCUT2D eigenvalue weighted by Gasteiger charge is -1.99. The van der Waals surface area contributed by atoms with Gasteiger partial charge in [-0.2, -0.15) is 4.98 Å². The maximum atomic E-state index is 5.90. The van der Waals surface area contributed by atoms with Crippen molar-refractivity contribution < 1.29 is 9.26 Å². The molecule has 0 radical (unpaired) electrons. The van der Waals surface area contributed by atoms with Gasteiger partial charge in [0, 0.05) is 16.1 Å². The molecule has 2 aromatic carbocycles. The quantitative estimate of drug-likeness (QED) is 0.478. The number of nitrogens with one attached hydrogen (secondary N) is 1. The number of nitrogens with zero attached hydrogens (tertiary/aromatic N) is 4. The van der Waals surface area contributed by atoms with Crippen molar-refractivity contribution in [2.45, 2.75) is 10.9 Å². The molecule has 4 aromatic rings. The van der Waals surface area contributed by atoms with Crippen molar-refractivity contribution in [2.24, 2.45) is 0 Å². The maximum absolute atomic E-state index is 5.90. The van der Waals surface area contributed by atoms with E-state index >= 15 is 0 Å². The summed E-state index contributed by atoms with van der Waals surface area (Å²) in [7, 11) is 1.62. The molecule has 136 valence electrons. The predicted molar refractivity (Wildman–Crippen MR) is 103 cm³/mol. The number of hydrogen-bond donors (Lipinski definition) is 1. The van der Waals surface area contributed by atoms with Gasteiger partial charge in [-0.1, -0.05) is 40.7 Å². The Labute approximate surface area is 164 Å². The third kappa shape index (κ3) is 4.12. The molecule has 0 aliphatic carbocycles. The number of halogens is 1. The van der Waals surface area contributed by atoms with Crippen molar-refractivity contribution >= 4 is 23.4 Å². The van der Waals surface area contributed by atoms with Gasteiger partial charge in [0.2, 0.25) is 16.9 Å². The molecule has 0 amide bonds. The number of rotatable bonds is 6. The summed E-state index contributed by atoms with van der Waals surface area (Å²) in [5.41, 5.74) is 1.74. The number of aromatic nitrogens is 5. The second kappa shape index (κ2) is 7.81. The monoisotopic (exact) mass is 399 g/mol. The molecule has 4 rings (SSSR count). The van der Waals surface area contributed by atoms with E-state index in [-0.39, 0.29) is 0 Å². The van der Waals surface area contributed by atoms with E-state index in [2.05, 4.69) is 25.3 Å². The van der Waals surface area contributed by atoms with E-state index < -0.39 is 0 Å². The molecule has 2 heterocycles. The fourth-order valence-electron chi connectivity index (χ4n) is 2.37. The SMILES string of the molecule is COc1cccc(-c2noc(CSc3n[nH]c(-c4ccc(Cl)cc4)n3)n2)c1. The first kappa shape index (κ1) is 17.6. The lowest BCUT2D eigenvalue weighted by Crippen LogP contribution is -1.86. The van der Waals surface area contributed by atoms with Gasteiger partial charge in [-0.05, 0) is 36.4 Å². The Balaban J connectivity index is 1.42. The predicted octanol–water partition coefficient (Wildman–Crippen LogP) is 4.48. The standard InChI is InChI=1S/C18H14ClN5O2S/c1-25-14-4-2-3-12(9-14)17-20-15(26-24-17)10-27-18-21-16(22-23-18)11-5-7-13(19)8-6-11/h2-9H,10H2,1H3,(H,21,22,23). The van der Waals surface area contributed by atoms with Crippen LogP contribution in [0.5, 0.6) is 5.75 Å². The number of hydrogen-bond acceptors (Lipinski definition) is 7. The van der Waals surface area contributed by atoms with Crippen molar-refractivity contribution in [1.29, 1.82) is 0 Å². The van der Waals surface area contributed by atoms with Crippen LogP contribution in [0.25, 0.3) is 22.8 Å². The molecule has 2 aromatic heterocycles. The third-order valence-electron chi connectivity index (χ3n) is 3.70. The van der Waals surface area contributed by atoms with Crippen LogP contribution in [0.1, 0.15) is 5.89 Å². The lowest BCUT2D eigenvalue weighted by molar-refractivity contribution is 0.391. The first-order chi connectivity index (χ1) is 13.2. The highest BCUT2D eigenvalue weighted by Crippen LogP contribution is 2.25. The number of benzene rings is 2. The van der Waals surface area contributed by atoms with Crippen molar-refractivity contribution in [3.8, 4) is 28.5 Å². The molecule has 9 heteroatoms. The zero-order valence-corrected chi connectivity index (χ0v) is 15.8. The van der Waals surface area contributed by atoms with E-state index in [0.29, 0.717) is 33.5 Å². The molecule has 0 atom stereocenters. The van der Waals surface area contributed by atoms with Gasteiger partial charge in [-0.15, -0.1) is 5.10 Å². The summed E-state index contributed by atoms with van der Waals surface area (Å²) in [6.45, 7) is 0. The second-order valence-electron chi connectivity index (χ2n) is 5.51. The molecule has 0 aliphatic heterocycles. The first-order valence-corrected chi connectivity index (χ1v) is 9.36. The van der Waals surface area contributed by atoms with Crippen LogP contribution >= 0.6 is 23.4 Å². The summed E-state index contributed by atoms with van der Waals surface area (Å²) in [5, 5.41) is 12.4. The summed E-state index contributed by atoms with van der Waals surface area (Å²) in [4.78, 5) is 8.87. The highest BCUT2D eigenvalue weighted by atomic mass is 35.5. The normalized spacial score (nSPS) is 10.9. The van der Waals surface area contributed by atoms with E-state index in [4.69, 9.17) is 20.9 Å². The van der Waals surface area contributed by atoms with Crippen molar-refractivity contribution in [2.75, 3.05) is 7.11 Å². The Kier molecular flexibility index (Phi) is 5.08. The van der Waals surface area contributed by atoms with E-state index in [1.165, 1.54) is 11.8 Å². The molecule has 0 spiro atoms. The molecule has 0 unspecified atom stereocenters. The zero-order valence-electron chi connectivity index (χ0n) is 14.2. The van der Waals surface area contributed by atoms with Gasteiger partial charge in [0.15, 0.2) is 5.82 Å². The van der Waals surface area contributed by atoms with Crippen LogP contribution in [0.3, 0.4) is 0 Å². The summed E-state index contributed by atoms with van der Waals surface area (Å²) in [5.74, 6) is 2.90.